The van der Waals surface area contributed by atoms with E-state index < -0.39 is 0 Å². The largest absolute Gasteiger partial charge is 0.455 e. The summed E-state index contributed by atoms with van der Waals surface area (Å²) in [5.41, 5.74) is 2.60. The van der Waals surface area contributed by atoms with Gasteiger partial charge in [0.25, 0.3) is 5.91 Å². The van der Waals surface area contributed by atoms with Gasteiger partial charge in [-0.1, -0.05) is 6.42 Å². The van der Waals surface area contributed by atoms with Crippen molar-refractivity contribution in [2.45, 2.75) is 39.0 Å². The molecule has 3 unspecified atom stereocenters. The molecule has 2 saturated carbocycles. The van der Waals surface area contributed by atoms with E-state index in [0.717, 1.165) is 36.9 Å². The predicted octanol–water partition coefficient (Wildman–Crippen LogP) is 2.51. The number of carbonyl (C=O) groups is 3. The molecule has 1 aliphatic heterocycles. The van der Waals surface area contributed by atoms with Crippen LogP contribution in [0.4, 0.5) is 11.4 Å². The topological polar surface area (TPSA) is 75.7 Å². The second-order valence-corrected chi connectivity index (χ2v) is 7.70. The van der Waals surface area contributed by atoms with E-state index in [9.17, 15) is 14.4 Å². The van der Waals surface area contributed by atoms with Crippen LogP contribution >= 0.6 is 0 Å². The summed E-state index contributed by atoms with van der Waals surface area (Å²) in [6.45, 7) is 1.97. The standard InChI is InChI=1S/C20H24N2O4/c1-12(23)22-7-6-15-10-16(4-5-18(15)22)21-19(24)11-26-20(25)17-9-13-2-3-14(17)8-13/h4-5,10,13-14,17H,2-3,6-9,11H2,1H3,(H,21,24). The van der Waals surface area contributed by atoms with Gasteiger partial charge in [0, 0.05) is 24.8 Å². The van der Waals surface area contributed by atoms with Crippen molar-refractivity contribution in [1.82, 2.24) is 0 Å². The van der Waals surface area contributed by atoms with E-state index in [1.807, 2.05) is 12.1 Å². The van der Waals surface area contributed by atoms with Crippen LogP contribution < -0.4 is 10.2 Å². The number of anilines is 2. The SMILES string of the molecule is CC(=O)N1CCc2cc(NC(=O)COC(=O)C3CC4CCC3C4)ccc21. The first-order valence-corrected chi connectivity index (χ1v) is 9.39. The highest BCUT2D eigenvalue weighted by Gasteiger charge is 2.44. The van der Waals surface area contributed by atoms with Gasteiger partial charge in [-0.15, -0.1) is 0 Å². The zero-order valence-corrected chi connectivity index (χ0v) is 15.0. The molecule has 6 nitrogen and oxygen atoms in total. The minimum atomic E-state index is -0.331. The van der Waals surface area contributed by atoms with Gasteiger partial charge in [-0.25, -0.2) is 0 Å². The fourth-order valence-electron chi connectivity index (χ4n) is 4.78. The Bertz CT molecular complexity index is 760. The van der Waals surface area contributed by atoms with Gasteiger partial charge in [-0.2, -0.15) is 0 Å². The number of hydrogen-bond acceptors (Lipinski definition) is 4. The van der Waals surface area contributed by atoms with E-state index in [4.69, 9.17) is 4.74 Å². The molecular formula is C20H24N2O4. The van der Waals surface area contributed by atoms with Crippen molar-refractivity contribution in [3.05, 3.63) is 23.8 Å². The quantitative estimate of drug-likeness (QED) is 0.841. The van der Waals surface area contributed by atoms with E-state index in [2.05, 4.69) is 5.32 Å². The number of amides is 2. The Morgan fingerprint density at radius 1 is 1.23 bits per heavy atom. The summed E-state index contributed by atoms with van der Waals surface area (Å²) in [4.78, 5) is 37.6. The Labute approximate surface area is 152 Å². The molecule has 1 aromatic carbocycles. The molecule has 2 amide bonds. The van der Waals surface area contributed by atoms with Crippen LogP contribution in [-0.4, -0.2) is 30.9 Å². The molecule has 1 aromatic rings. The fourth-order valence-corrected chi connectivity index (χ4v) is 4.78. The van der Waals surface area contributed by atoms with Crippen LogP contribution in [0.5, 0.6) is 0 Å². The van der Waals surface area contributed by atoms with Crippen LogP contribution in [0.1, 0.15) is 38.2 Å². The zero-order valence-electron chi connectivity index (χ0n) is 15.0. The first-order chi connectivity index (χ1) is 12.5. The number of ether oxygens (including phenoxy) is 1. The lowest BCUT2D eigenvalue weighted by Crippen LogP contribution is -2.27. The number of rotatable bonds is 4. The van der Waals surface area contributed by atoms with Gasteiger partial charge < -0.3 is 15.0 Å². The van der Waals surface area contributed by atoms with Crippen molar-refractivity contribution >= 4 is 29.2 Å². The molecule has 138 valence electrons. The molecule has 0 radical (unpaired) electrons. The minimum absolute atomic E-state index is 0.0147. The lowest BCUT2D eigenvalue weighted by Gasteiger charge is -2.19. The third-order valence-corrected chi connectivity index (χ3v) is 6.03. The minimum Gasteiger partial charge on any atom is -0.455 e. The molecule has 2 bridgehead atoms. The van der Waals surface area contributed by atoms with Crippen molar-refractivity contribution in [2.24, 2.45) is 17.8 Å². The molecular weight excluding hydrogens is 332 g/mol. The lowest BCUT2D eigenvalue weighted by atomic mass is 9.89. The summed E-state index contributed by atoms with van der Waals surface area (Å²) in [5, 5.41) is 2.78. The van der Waals surface area contributed by atoms with Gasteiger partial charge in [0.1, 0.15) is 0 Å². The van der Waals surface area contributed by atoms with Crippen molar-refractivity contribution in [3.8, 4) is 0 Å². The second-order valence-electron chi connectivity index (χ2n) is 7.70. The van der Waals surface area contributed by atoms with Crippen LogP contribution in [0.25, 0.3) is 0 Å². The maximum atomic E-state index is 12.2. The number of carbonyl (C=O) groups excluding carboxylic acids is 3. The molecule has 26 heavy (non-hydrogen) atoms. The third-order valence-electron chi connectivity index (χ3n) is 6.03. The maximum absolute atomic E-state index is 12.2. The Kier molecular flexibility index (Phi) is 4.42. The molecule has 3 atom stereocenters. The molecule has 0 saturated heterocycles. The Morgan fingerprint density at radius 2 is 2.08 bits per heavy atom. The van der Waals surface area contributed by atoms with Crippen LogP contribution in [0.2, 0.25) is 0 Å². The molecule has 2 aliphatic carbocycles. The van der Waals surface area contributed by atoms with Gasteiger partial charge in [-0.3, -0.25) is 14.4 Å². The fraction of sp³-hybridized carbons (Fsp3) is 0.550. The molecule has 0 aromatic heterocycles. The highest BCUT2D eigenvalue weighted by molar-refractivity contribution is 5.96. The summed E-state index contributed by atoms with van der Waals surface area (Å²) in [7, 11) is 0. The number of nitrogens with zero attached hydrogens (tertiary/aromatic N) is 1. The van der Waals surface area contributed by atoms with E-state index in [1.54, 1.807) is 17.9 Å². The van der Waals surface area contributed by atoms with E-state index in [-0.39, 0.29) is 30.3 Å². The number of fused-ring (bicyclic) bond motifs is 3. The molecule has 6 heteroatoms. The van der Waals surface area contributed by atoms with Crippen LogP contribution in [0.15, 0.2) is 18.2 Å². The van der Waals surface area contributed by atoms with Crippen molar-refractivity contribution in [3.63, 3.8) is 0 Å². The summed E-state index contributed by atoms with van der Waals surface area (Å²) in [6.07, 6.45) is 5.18. The van der Waals surface area contributed by atoms with Gasteiger partial charge in [0.2, 0.25) is 5.91 Å². The Balaban J connectivity index is 1.30. The highest BCUT2D eigenvalue weighted by atomic mass is 16.5. The third kappa shape index (κ3) is 3.20. The van der Waals surface area contributed by atoms with Gasteiger partial charge in [0.05, 0.1) is 5.92 Å². The average molecular weight is 356 g/mol. The number of nitrogens with one attached hydrogen (secondary N) is 1. The summed E-state index contributed by atoms with van der Waals surface area (Å²) in [6, 6.07) is 5.50. The van der Waals surface area contributed by atoms with Crippen LogP contribution in [0, 0.1) is 17.8 Å². The smallest absolute Gasteiger partial charge is 0.309 e. The molecule has 1 N–H and O–H groups in total. The first-order valence-electron chi connectivity index (χ1n) is 9.39. The lowest BCUT2D eigenvalue weighted by molar-refractivity contribution is -0.153. The zero-order chi connectivity index (χ0) is 18.3. The van der Waals surface area contributed by atoms with Crippen molar-refractivity contribution in [1.29, 1.82) is 0 Å². The average Bonchev–Trinajstić information content (AvgIpc) is 3.34. The second kappa shape index (κ2) is 6.74. The van der Waals surface area contributed by atoms with E-state index in [1.165, 1.54) is 6.42 Å². The summed E-state index contributed by atoms with van der Waals surface area (Å²) in [5.74, 6) is 0.581. The maximum Gasteiger partial charge on any atom is 0.309 e. The normalized spacial score (nSPS) is 25.9. The predicted molar refractivity (Wildman–Crippen MR) is 96.7 cm³/mol. The Hall–Kier alpha value is -2.37. The molecule has 1 heterocycles. The van der Waals surface area contributed by atoms with Crippen LogP contribution in [0.3, 0.4) is 0 Å². The first kappa shape index (κ1) is 17.1. The van der Waals surface area contributed by atoms with E-state index >= 15 is 0 Å². The number of hydrogen-bond donors (Lipinski definition) is 1. The molecule has 3 aliphatic rings. The highest BCUT2D eigenvalue weighted by Crippen LogP contribution is 2.48. The van der Waals surface area contributed by atoms with Crippen molar-refractivity contribution < 1.29 is 19.1 Å². The van der Waals surface area contributed by atoms with Crippen molar-refractivity contribution in [2.75, 3.05) is 23.4 Å². The van der Waals surface area contributed by atoms with E-state index in [0.29, 0.717) is 24.1 Å². The molecule has 0 spiro atoms. The Morgan fingerprint density at radius 3 is 2.77 bits per heavy atom. The monoisotopic (exact) mass is 356 g/mol. The summed E-state index contributed by atoms with van der Waals surface area (Å²) >= 11 is 0. The number of benzene rings is 1. The molecule has 2 fully saturated rings. The molecule has 4 rings (SSSR count). The van der Waals surface area contributed by atoms with Gasteiger partial charge in [0.15, 0.2) is 6.61 Å². The van der Waals surface area contributed by atoms with Gasteiger partial charge >= 0.3 is 5.97 Å². The van der Waals surface area contributed by atoms with Gasteiger partial charge in [-0.05, 0) is 61.3 Å². The summed E-state index contributed by atoms with van der Waals surface area (Å²) < 4.78 is 5.25. The number of esters is 1. The van der Waals surface area contributed by atoms with Crippen LogP contribution in [-0.2, 0) is 25.5 Å².